The molecule has 0 fully saturated rings. The standard InChI is InChI=1S/C18H22N2O4S/c1-13(14-7-5-4-6-8-14)12-20-25(22,23)15-9-10-17(24-3)16(11-15)18(21)19-2/h4-11,13,20H,12H2,1-3H3,(H,19,21). The Labute approximate surface area is 148 Å². The monoisotopic (exact) mass is 362 g/mol. The van der Waals surface area contributed by atoms with Gasteiger partial charge in [-0.15, -0.1) is 0 Å². The van der Waals surface area contributed by atoms with Gasteiger partial charge >= 0.3 is 0 Å². The van der Waals surface area contributed by atoms with E-state index in [1.54, 1.807) is 0 Å². The van der Waals surface area contributed by atoms with Crippen LogP contribution in [0.1, 0.15) is 28.8 Å². The number of hydrogen-bond donors (Lipinski definition) is 2. The Hall–Kier alpha value is -2.38. The molecule has 0 radical (unpaired) electrons. The van der Waals surface area contributed by atoms with Gasteiger partial charge in [-0.1, -0.05) is 37.3 Å². The Morgan fingerprint density at radius 2 is 1.84 bits per heavy atom. The number of hydrogen-bond acceptors (Lipinski definition) is 4. The molecule has 6 nitrogen and oxygen atoms in total. The van der Waals surface area contributed by atoms with Crippen molar-refractivity contribution in [2.45, 2.75) is 17.7 Å². The molecule has 25 heavy (non-hydrogen) atoms. The van der Waals surface area contributed by atoms with Crippen molar-refractivity contribution in [1.82, 2.24) is 10.0 Å². The van der Waals surface area contributed by atoms with Gasteiger partial charge in [-0.05, 0) is 29.7 Å². The third-order valence-electron chi connectivity index (χ3n) is 3.90. The SMILES string of the molecule is CNC(=O)c1cc(S(=O)(=O)NCC(C)c2ccccc2)ccc1OC. The van der Waals surface area contributed by atoms with E-state index >= 15 is 0 Å². The fourth-order valence-corrected chi connectivity index (χ4v) is 3.54. The number of amides is 1. The molecule has 2 N–H and O–H groups in total. The average molecular weight is 362 g/mol. The molecule has 7 heteroatoms. The van der Waals surface area contributed by atoms with Gasteiger partial charge in [-0.2, -0.15) is 0 Å². The van der Waals surface area contributed by atoms with Crippen molar-refractivity contribution in [3.63, 3.8) is 0 Å². The van der Waals surface area contributed by atoms with Gasteiger partial charge in [0.1, 0.15) is 5.75 Å². The molecule has 2 aromatic rings. The number of methoxy groups -OCH3 is 1. The summed E-state index contributed by atoms with van der Waals surface area (Å²) in [6.07, 6.45) is 0. The van der Waals surface area contributed by atoms with Crippen LogP contribution in [0.3, 0.4) is 0 Å². The van der Waals surface area contributed by atoms with Gasteiger partial charge in [0.15, 0.2) is 0 Å². The Morgan fingerprint density at radius 1 is 1.16 bits per heavy atom. The highest BCUT2D eigenvalue weighted by Gasteiger charge is 2.20. The summed E-state index contributed by atoms with van der Waals surface area (Å²) in [7, 11) is -0.837. The summed E-state index contributed by atoms with van der Waals surface area (Å²) in [6, 6.07) is 13.9. The Morgan fingerprint density at radius 3 is 2.44 bits per heavy atom. The van der Waals surface area contributed by atoms with Gasteiger partial charge in [0.2, 0.25) is 10.0 Å². The first-order chi connectivity index (χ1) is 11.9. The first kappa shape index (κ1) is 19.0. The minimum Gasteiger partial charge on any atom is -0.496 e. The first-order valence-electron chi connectivity index (χ1n) is 7.83. The predicted octanol–water partition coefficient (Wildman–Crippen LogP) is 2.14. The van der Waals surface area contributed by atoms with Crippen molar-refractivity contribution in [2.75, 3.05) is 20.7 Å². The largest absolute Gasteiger partial charge is 0.496 e. The molecule has 0 spiro atoms. The van der Waals surface area contributed by atoms with Crippen molar-refractivity contribution in [3.05, 3.63) is 59.7 Å². The van der Waals surface area contributed by atoms with Gasteiger partial charge < -0.3 is 10.1 Å². The molecule has 0 aromatic heterocycles. The summed E-state index contributed by atoms with van der Waals surface area (Å²) in [4.78, 5) is 11.9. The van der Waals surface area contributed by atoms with Crippen LogP contribution in [0.4, 0.5) is 0 Å². The predicted molar refractivity (Wildman–Crippen MR) is 96.4 cm³/mol. The van der Waals surface area contributed by atoms with Crippen molar-refractivity contribution in [2.24, 2.45) is 0 Å². The van der Waals surface area contributed by atoms with Crippen molar-refractivity contribution >= 4 is 15.9 Å². The summed E-state index contributed by atoms with van der Waals surface area (Å²) >= 11 is 0. The first-order valence-corrected chi connectivity index (χ1v) is 9.32. The van der Waals surface area contributed by atoms with Crippen LogP contribution in [-0.2, 0) is 10.0 Å². The van der Waals surface area contributed by atoms with E-state index < -0.39 is 15.9 Å². The third kappa shape index (κ3) is 4.58. The molecule has 0 saturated carbocycles. The van der Waals surface area contributed by atoms with Gasteiger partial charge in [0, 0.05) is 13.6 Å². The highest BCUT2D eigenvalue weighted by atomic mass is 32.2. The molecule has 0 aliphatic rings. The zero-order valence-electron chi connectivity index (χ0n) is 14.4. The summed E-state index contributed by atoms with van der Waals surface area (Å²) in [6.45, 7) is 2.20. The van der Waals surface area contributed by atoms with Crippen LogP contribution in [0.2, 0.25) is 0 Å². The summed E-state index contributed by atoms with van der Waals surface area (Å²) in [5, 5.41) is 2.47. The number of carbonyl (C=O) groups is 1. The van der Waals surface area contributed by atoms with Crippen LogP contribution in [0.25, 0.3) is 0 Å². The third-order valence-corrected chi connectivity index (χ3v) is 5.32. The van der Waals surface area contributed by atoms with Crippen molar-refractivity contribution in [3.8, 4) is 5.75 Å². The van der Waals surface area contributed by atoms with E-state index in [0.717, 1.165) is 5.56 Å². The van der Waals surface area contributed by atoms with E-state index in [2.05, 4.69) is 10.0 Å². The van der Waals surface area contributed by atoms with Crippen LogP contribution >= 0.6 is 0 Å². The van der Waals surface area contributed by atoms with E-state index in [-0.39, 0.29) is 22.9 Å². The highest BCUT2D eigenvalue weighted by Crippen LogP contribution is 2.23. The molecule has 1 unspecified atom stereocenters. The van der Waals surface area contributed by atoms with Gasteiger partial charge in [0.25, 0.3) is 5.91 Å². The second kappa shape index (κ2) is 8.13. The second-order valence-corrected chi connectivity index (χ2v) is 7.37. The maximum absolute atomic E-state index is 12.5. The van der Waals surface area contributed by atoms with Gasteiger partial charge in [-0.3, -0.25) is 4.79 Å². The van der Waals surface area contributed by atoms with Crippen molar-refractivity contribution < 1.29 is 17.9 Å². The second-order valence-electron chi connectivity index (χ2n) is 5.60. The summed E-state index contributed by atoms with van der Waals surface area (Å²) < 4.78 is 32.8. The quantitative estimate of drug-likeness (QED) is 0.790. The summed E-state index contributed by atoms with van der Waals surface area (Å²) in [5.41, 5.74) is 1.22. The van der Waals surface area contributed by atoms with Gasteiger partial charge in [-0.25, -0.2) is 13.1 Å². The lowest BCUT2D eigenvalue weighted by atomic mass is 10.0. The Kier molecular flexibility index (Phi) is 6.17. The minimum absolute atomic E-state index is 0.0205. The smallest absolute Gasteiger partial charge is 0.254 e. The van der Waals surface area contributed by atoms with Crippen LogP contribution in [-0.4, -0.2) is 35.0 Å². The van der Waals surface area contributed by atoms with E-state index in [0.29, 0.717) is 5.75 Å². The molecule has 0 bridgehead atoms. The van der Waals surface area contributed by atoms with Crippen molar-refractivity contribution in [1.29, 1.82) is 0 Å². The number of benzene rings is 2. The maximum Gasteiger partial charge on any atom is 0.254 e. The van der Waals surface area contributed by atoms with E-state index in [1.165, 1.54) is 32.4 Å². The zero-order valence-corrected chi connectivity index (χ0v) is 15.3. The molecule has 1 amide bonds. The number of rotatable bonds is 7. The molecule has 0 saturated heterocycles. The number of ether oxygens (including phenoxy) is 1. The molecule has 0 aliphatic heterocycles. The van der Waals surface area contributed by atoms with Crippen LogP contribution in [0, 0.1) is 0 Å². The number of carbonyl (C=O) groups excluding carboxylic acids is 1. The minimum atomic E-state index is -3.74. The maximum atomic E-state index is 12.5. The molecular weight excluding hydrogens is 340 g/mol. The fourth-order valence-electron chi connectivity index (χ4n) is 2.38. The van der Waals surface area contributed by atoms with Crippen LogP contribution in [0.15, 0.2) is 53.4 Å². The van der Waals surface area contributed by atoms with Crippen LogP contribution < -0.4 is 14.8 Å². The lowest BCUT2D eigenvalue weighted by Gasteiger charge is -2.14. The highest BCUT2D eigenvalue weighted by molar-refractivity contribution is 7.89. The lowest BCUT2D eigenvalue weighted by molar-refractivity contribution is 0.0960. The molecule has 2 rings (SSSR count). The topological polar surface area (TPSA) is 84.5 Å². The number of nitrogens with one attached hydrogen (secondary N) is 2. The molecule has 0 heterocycles. The van der Waals surface area contributed by atoms with E-state index in [4.69, 9.17) is 4.74 Å². The van der Waals surface area contributed by atoms with E-state index in [9.17, 15) is 13.2 Å². The Bertz CT molecular complexity index is 835. The van der Waals surface area contributed by atoms with Gasteiger partial charge in [0.05, 0.1) is 17.6 Å². The Balaban J connectivity index is 2.20. The molecule has 134 valence electrons. The zero-order chi connectivity index (χ0) is 18.4. The van der Waals surface area contributed by atoms with E-state index in [1.807, 2.05) is 37.3 Å². The molecule has 2 aromatic carbocycles. The number of sulfonamides is 1. The normalized spacial score (nSPS) is 12.4. The fraction of sp³-hybridized carbons (Fsp3) is 0.278. The molecule has 1 atom stereocenters. The summed E-state index contributed by atoms with van der Waals surface area (Å²) in [5.74, 6) is -0.0739. The average Bonchev–Trinajstić information content (AvgIpc) is 2.65. The van der Waals surface area contributed by atoms with Crippen LogP contribution in [0.5, 0.6) is 5.75 Å². The molecule has 0 aliphatic carbocycles. The molecular formula is C18H22N2O4S. The lowest BCUT2D eigenvalue weighted by Crippen LogP contribution is -2.28.